The molecule has 26 heavy (non-hydrogen) atoms. The first-order chi connectivity index (χ1) is 12.0. The largest absolute Gasteiger partial charge is 0.490 e. The number of carboxylic acid groups (broad SMARTS) is 2. The van der Waals surface area contributed by atoms with E-state index in [1.54, 1.807) is 12.3 Å². The number of rotatable bonds is 4. The lowest BCUT2D eigenvalue weighted by molar-refractivity contribution is -0.752. The van der Waals surface area contributed by atoms with Crippen molar-refractivity contribution in [2.24, 2.45) is 0 Å². The van der Waals surface area contributed by atoms with Crippen LogP contribution in [0.4, 0.5) is 13.2 Å². The van der Waals surface area contributed by atoms with Gasteiger partial charge >= 0.3 is 18.1 Å². The third-order valence-electron chi connectivity index (χ3n) is 2.60. The second-order valence-electron chi connectivity index (χ2n) is 4.53. The molecule has 0 bridgehead atoms. The van der Waals surface area contributed by atoms with Gasteiger partial charge in [0.1, 0.15) is 23.5 Å². The van der Waals surface area contributed by atoms with Crippen LogP contribution in [0, 0.1) is 0 Å². The number of hydrogen-bond donors (Lipinski definition) is 3. The minimum atomic E-state index is -5.08. The van der Waals surface area contributed by atoms with Crippen molar-refractivity contribution in [3.05, 3.63) is 40.0 Å². The maximum atomic E-state index is 11.3. The van der Waals surface area contributed by atoms with Gasteiger partial charge < -0.3 is 15.2 Å². The van der Waals surface area contributed by atoms with Gasteiger partial charge in [0.2, 0.25) is 0 Å². The zero-order valence-electron chi connectivity index (χ0n) is 12.7. The molecule has 0 atom stereocenters. The molecule has 0 amide bonds. The molecule has 0 aliphatic heterocycles. The van der Waals surface area contributed by atoms with Gasteiger partial charge in [0.25, 0.3) is 5.56 Å². The Balaban J connectivity index is 0.000000412. The summed E-state index contributed by atoms with van der Waals surface area (Å²) in [5.74, 6) is -3.29. The lowest BCUT2D eigenvalue weighted by Crippen LogP contribution is -2.38. The maximum absolute atomic E-state index is 11.3. The summed E-state index contributed by atoms with van der Waals surface area (Å²) in [6.07, 6.45) is -0.713. The van der Waals surface area contributed by atoms with E-state index in [0.29, 0.717) is 11.4 Å². The van der Waals surface area contributed by atoms with Crippen LogP contribution < -0.4 is 10.2 Å². The topological polar surface area (TPSA) is 137 Å². The van der Waals surface area contributed by atoms with E-state index in [1.165, 1.54) is 17.1 Å². The SMILES string of the molecule is O=C(O)C(F)(F)F.O=C(O)CC[n+]1ccc(-c2ncc(Cl)c(=O)[nH]2)cn1. The number of aromatic nitrogens is 4. The third kappa shape index (κ3) is 6.84. The van der Waals surface area contributed by atoms with Crippen LogP contribution >= 0.6 is 11.6 Å². The van der Waals surface area contributed by atoms with Crippen LogP contribution in [0.1, 0.15) is 6.42 Å². The first kappa shape index (κ1) is 21.0. The molecular formula is C13H11ClF3N4O5+. The van der Waals surface area contributed by atoms with E-state index < -0.39 is 23.7 Å². The van der Waals surface area contributed by atoms with Gasteiger partial charge in [0, 0.05) is 11.6 Å². The van der Waals surface area contributed by atoms with E-state index in [1.807, 2.05) is 0 Å². The highest BCUT2D eigenvalue weighted by Crippen LogP contribution is 2.13. The Hall–Kier alpha value is -3.02. The standard InChI is InChI=1S/C11H9ClN4O3.C2HF3O2/c12-8-6-13-10(15-11(8)19)7-1-3-16(14-5-7)4-2-9(17)18;3-2(4,5)1(6)7/h1,3,5-6H,2,4H2,(H-,13,15,17,18,19);(H,6,7)/p+1. The number of aryl methyl sites for hydroxylation is 1. The Labute approximate surface area is 147 Å². The van der Waals surface area contributed by atoms with E-state index in [0.717, 1.165) is 0 Å². The molecule has 2 rings (SSSR count). The molecule has 0 saturated heterocycles. The fourth-order valence-electron chi connectivity index (χ4n) is 1.39. The van der Waals surface area contributed by atoms with Gasteiger partial charge in [-0.2, -0.15) is 13.2 Å². The Bertz CT molecular complexity index is 839. The first-order valence-electron chi connectivity index (χ1n) is 6.63. The molecule has 2 heterocycles. The van der Waals surface area contributed by atoms with Crippen LogP contribution in [0.2, 0.25) is 5.02 Å². The highest BCUT2D eigenvalue weighted by Gasteiger charge is 2.38. The van der Waals surface area contributed by atoms with E-state index in [4.69, 9.17) is 26.6 Å². The quantitative estimate of drug-likeness (QED) is 0.653. The molecule has 0 aromatic carbocycles. The zero-order chi connectivity index (χ0) is 19.9. The predicted octanol–water partition coefficient (Wildman–Crippen LogP) is 0.881. The molecule has 0 radical (unpaired) electrons. The first-order valence-corrected chi connectivity index (χ1v) is 7.01. The van der Waals surface area contributed by atoms with E-state index in [9.17, 15) is 22.8 Å². The molecule has 0 aliphatic carbocycles. The average Bonchev–Trinajstić information content (AvgIpc) is 2.55. The summed E-state index contributed by atoms with van der Waals surface area (Å²) in [5.41, 5.74) is 0.189. The van der Waals surface area contributed by atoms with Crippen molar-refractivity contribution in [3.8, 4) is 11.4 Å². The number of aromatic amines is 1. The smallest absolute Gasteiger partial charge is 0.481 e. The Morgan fingerprint density at radius 3 is 2.31 bits per heavy atom. The summed E-state index contributed by atoms with van der Waals surface area (Å²) in [6, 6.07) is 1.68. The molecule has 0 saturated carbocycles. The minimum Gasteiger partial charge on any atom is -0.481 e. The molecule has 0 spiro atoms. The number of H-pyrrole nitrogens is 1. The second-order valence-corrected chi connectivity index (χ2v) is 4.94. The number of alkyl halides is 3. The molecular weight excluding hydrogens is 385 g/mol. The number of nitrogens with one attached hydrogen (secondary N) is 1. The van der Waals surface area contributed by atoms with Crippen LogP contribution in [-0.4, -0.2) is 43.4 Å². The number of aliphatic carboxylic acids is 2. The highest BCUT2D eigenvalue weighted by molar-refractivity contribution is 6.30. The number of carbonyl (C=O) groups is 2. The van der Waals surface area contributed by atoms with Crippen LogP contribution in [0.25, 0.3) is 11.4 Å². The highest BCUT2D eigenvalue weighted by atomic mass is 35.5. The molecule has 3 N–H and O–H groups in total. The van der Waals surface area contributed by atoms with Crippen LogP contribution in [0.5, 0.6) is 0 Å². The third-order valence-corrected chi connectivity index (χ3v) is 2.87. The summed E-state index contributed by atoms with van der Waals surface area (Å²) in [5, 5.41) is 19.7. The number of nitrogens with zero attached hydrogens (tertiary/aromatic N) is 3. The Kier molecular flexibility index (Phi) is 7.19. The fraction of sp³-hybridized carbons (Fsp3) is 0.231. The molecule has 140 valence electrons. The molecule has 2 aromatic heterocycles. The van der Waals surface area contributed by atoms with Crippen LogP contribution in [0.3, 0.4) is 0 Å². The predicted molar refractivity (Wildman–Crippen MR) is 79.2 cm³/mol. The van der Waals surface area contributed by atoms with Gasteiger partial charge in [0.15, 0.2) is 12.7 Å². The van der Waals surface area contributed by atoms with Crippen LogP contribution in [0.15, 0.2) is 29.5 Å². The van der Waals surface area contributed by atoms with Crippen LogP contribution in [-0.2, 0) is 16.1 Å². The van der Waals surface area contributed by atoms with Gasteiger partial charge in [-0.3, -0.25) is 9.59 Å². The number of carboxylic acids is 2. The summed E-state index contributed by atoms with van der Waals surface area (Å²) < 4.78 is 33.2. The lowest BCUT2D eigenvalue weighted by Gasteiger charge is -1.98. The van der Waals surface area contributed by atoms with Crippen molar-refractivity contribution in [1.29, 1.82) is 0 Å². The Morgan fingerprint density at radius 1 is 1.27 bits per heavy atom. The van der Waals surface area contributed by atoms with Crippen molar-refractivity contribution in [1.82, 2.24) is 15.1 Å². The molecule has 13 heteroatoms. The molecule has 2 aromatic rings. The zero-order valence-corrected chi connectivity index (χ0v) is 13.5. The molecule has 9 nitrogen and oxygen atoms in total. The minimum absolute atomic E-state index is 0.00690. The van der Waals surface area contributed by atoms with E-state index in [2.05, 4.69) is 15.1 Å². The van der Waals surface area contributed by atoms with Crippen molar-refractivity contribution in [2.45, 2.75) is 19.1 Å². The van der Waals surface area contributed by atoms with Crippen molar-refractivity contribution in [3.63, 3.8) is 0 Å². The van der Waals surface area contributed by atoms with Crippen molar-refractivity contribution in [2.75, 3.05) is 0 Å². The molecule has 0 unspecified atom stereocenters. The molecule has 0 fully saturated rings. The summed E-state index contributed by atoms with van der Waals surface area (Å²) in [7, 11) is 0. The summed E-state index contributed by atoms with van der Waals surface area (Å²) in [6.45, 7) is 0.278. The average molecular weight is 396 g/mol. The Morgan fingerprint density at radius 2 is 1.88 bits per heavy atom. The summed E-state index contributed by atoms with van der Waals surface area (Å²) in [4.78, 5) is 37.2. The van der Waals surface area contributed by atoms with E-state index >= 15 is 0 Å². The maximum Gasteiger partial charge on any atom is 0.490 e. The number of hydrogen-bond acceptors (Lipinski definition) is 5. The molecule has 0 aliphatic rings. The fourth-order valence-corrected chi connectivity index (χ4v) is 1.49. The van der Waals surface area contributed by atoms with E-state index in [-0.39, 0.29) is 18.0 Å². The second kappa shape index (κ2) is 8.89. The monoisotopic (exact) mass is 395 g/mol. The van der Waals surface area contributed by atoms with Gasteiger partial charge in [-0.25, -0.2) is 9.78 Å². The summed E-state index contributed by atoms with van der Waals surface area (Å²) >= 11 is 5.58. The van der Waals surface area contributed by atoms with Gasteiger partial charge in [-0.15, -0.1) is 0 Å². The number of halogens is 4. The lowest BCUT2D eigenvalue weighted by atomic mass is 10.3. The van der Waals surface area contributed by atoms with Gasteiger partial charge in [-0.1, -0.05) is 16.3 Å². The van der Waals surface area contributed by atoms with Gasteiger partial charge in [-0.05, 0) is 5.10 Å². The van der Waals surface area contributed by atoms with Crippen molar-refractivity contribution < 1.29 is 37.7 Å². The normalized spacial score (nSPS) is 10.6. The van der Waals surface area contributed by atoms with Crippen molar-refractivity contribution >= 4 is 23.5 Å². The van der Waals surface area contributed by atoms with Gasteiger partial charge in [0.05, 0.1) is 6.20 Å².